The summed E-state index contributed by atoms with van der Waals surface area (Å²) in [5.41, 5.74) is 16.5. The second kappa shape index (κ2) is 15.7. The number of aryl methyl sites for hydroxylation is 4. The highest BCUT2D eigenvalue weighted by atomic mass is 15.1. The van der Waals surface area contributed by atoms with Crippen molar-refractivity contribution >= 4 is 58.4 Å². The third-order valence-electron chi connectivity index (χ3n) is 9.34. The minimum atomic E-state index is 1.13. The van der Waals surface area contributed by atoms with Gasteiger partial charge in [0.2, 0.25) is 0 Å². The molecule has 0 saturated carbocycles. The minimum Gasteiger partial charge on any atom is -0.311 e. The highest BCUT2D eigenvalue weighted by Crippen LogP contribution is 2.36. The molecule has 0 atom stereocenters. The molecule has 0 spiro atoms. The van der Waals surface area contributed by atoms with Gasteiger partial charge in [0.25, 0.3) is 0 Å². The lowest BCUT2D eigenvalue weighted by Crippen LogP contribution is -2.09. The molecule has 2 nitrogen and oxygen atoms in total. The zero-order valence-corrected chi connectivity index (χ0v) is 30.4. The van der Waals surface area contributed by atoms with E-state index in [1.165, 1.54) is 33.4 Å². The molecule has 0 fully saturated rings. The lowest BCUT2D eigenvalue weighted by molar-refractivity contribution is 1.27. The summed E-state index contributed by atoms with van der Waals surface area (Å²) in [6.45, 7) is 8.50. The van der Waals surface area contributed by atoms with E-state index >= 15 is 0 Å². The molecule has 0 aliphatic rings. The largest absolute Gasteiger partial charge is 0.311 e. The van der Waals surface area contributed by atoms with Crippen molar-refractivity contribution in [2.24, 2.45) is 0 Å². The van der Waals surface area contributed by atoms with Crippen LogP contribution in [0.25, 0.3) is 24.3 Å². The van der Waals surface area contributed by atoms with Gasteiger partial charge in [0.1, 0.15) is 0 Å². The quantitative estimate of drug-likeness (QED) is 0.133. The molecule has 52 heavy (non-hydrogen) atoms. The Morgan fingerprint density at radius 3 is 0.577 bits per heavy atom. The molecule has 0 radical (unpaired) electrons. The first-order valence-electron chi connectivity index (χ1n) is 17.9. The predicted molar refractivity (Wildman–Crippen MR) is 225 cm³/mol. The van der Waals surface area contributed by atoms with Crippen molar-refractivity contribution in [1.82, 2.24) is 0 Å². The normalized spacial score (nSPS) is 11.3. The zero-order valence-electron chi connectivity index (χ0n) is 30.4. The lowest BCUT2D eigenvalue weighted by Gasteiger charge is -2.25. The van der Waals surface area contributed by atoms with Gasteiger partial charge in [-0.15, -0.1) is 0 Å². The number of anilines is 6. The van der Waals surface area contributed by atoms with Crippen molar-refractivity contribution in [3.8, 4) is 0 Å². The summed E-state index contributed by atoms with van der Waals surface area (Å²) in [5, 5.41) is 0. The van der Waals surface area contributed by atoms with E-state index in [2.05, 4.69) is 232 Å². The molecule has 0 saturated heterocycles. The van der Waals surface area contributed by atoms with Crippen molar-refractivity contribution in [2.45, 2.75) is 27.7 Å². The van der Waals surface area contributed by atoms with Gasteiger partial charge in [-0.2, -0.15) is 0 Å². The molecule has 7 aromatic rings. The number of hydrogen-bond donors (Lipinski definition) is 0. The van der Waals surface area contributed by atoms with Crippen LogP contribution in [0.2, 0.25) is 0 Å². The van der Waals surface area contributed by atoms with Gasteiger partial charge in [0.15, 0.2) is 0 Å². The molecule has 2 heteroatoms. The van der Waals surface area contributed by atoms with E-state index in [-0.39, 0.29) is 0 Å². The fraction of sp³-hybridized carbons (Fsp3) is 0.0800. The van der Waals surface area contributed by atoms with Crippen LogP contribution in [0, 0.1) is 27.7 Å². The molecule has 0 unspecified atom stereocenters. The van der Waals surface area contributed by atoms with Crippen molar-refractivity contribution in [2.75, 3.05) is 9.80 Å². The van der Waals surface area contributed by atoms with E-state index < -0.39 is 0 Å². The van der Waals surface area contributed by atoms with Crippen LogP contribution in [0.15, 0.2) is 170 Å². The zero-order chi connectivity index (χ0) is 35.9. The first-order valence-corrected chi connectivity index (χ1v) is 17.9. The number of rotatable bonds is 10. The second-order valence-electron chi connectivity index (χ2n) is 13.5. The maximum atomic E-state index is 2.30. The molecule has 7 aromatic carbocycles. The molecule has 0 aliphatic heterocycles. The Labute approximate surface area is 309 Å². The van der Waals surface area contributed by atoms with E-state index in [0.29, 0.717) is 0 Å². The van der Waals surface area contributed by atoms with Gasteiger partial charge in [-0.1, -0.05) is 144 Å². The summed E-state index contributed by atoms with van der Waals surface area (Å²) in [4.78, 5) is 4.61. The van der Waals surface area contributed by atoms with E-state index in [9.17, 15) is 0 Å². The second-order valence-corrected chi connectivity index (χ2v) is 13.5. The molecule has 0 N–H and O–H groups in total. The Balaban J connectivity index is 1.02. The van der Waals surface area contributed by atoms with E-state index in [1.807, 2.05) is 0 Å². The maximum Gasteiger partial charge on any atom is 0.0462 e. The summed E-state index contributed by atoms with van der Waals surface area (Å²) in [6.07, 6.45) is 8.70. The fourth-order valence-electron chi connectivity index (χ4n) is 6.24. The van der Waals surface area contributed by atoms with Gasteiger partial charge < -0.3 is 9.80 Å². The lowest BCUT2D eigenvalue weighted by atomic mass is 10.1. The topological polar surface area (TPSA) is 6.48 Å². The summed E-state index contributed by atoms with van der Waals surface area (Å²) in [7, 11) is 0. The Morgan fingerprint density at radius 2 is 0.385 bits per heavy atom. The van der Waals surface area contributed by atoms with Gasteiger partial charge in [0, 0.05) is 34.1 Å². The molecular formula is C50H44N2. The van der Waals surface area contributed by atoms with Crippen LogP contribution in [0.5, 0.6) is 0 Å². The van der Waals surface area contributed by atoms with Gasteiger partial charge in [0.05, 0.1) is 0 Å². The number of nitrogens with zero attached hydrogens (tertiary/aromatic N) is 2. The minimum absolute atomic E-state index is 1.13. The van der Waals surface area contributed by atoms with Gasteiger partial charge >= 0.3 is 0 Å². The van der Waals surface area contributed by atoms with Crippen LogP contribution in [0.4, 0.5) is 34.1 Å². The van der Waals surface area contributed by atoms with Crippen LogP contribution >= 0.6 is 0 Å². The number of hydrogen-bond acceptors (Lipinski definition) is 2. The highest BCUT2D eigenvalue weighted by molar-refractivity contribution is 5.80. The number of benzene rings is 7. The van der Waals surface area contributed by atoms with Crippen LogP contribution < -0.4 is 9.80 Å². The first-order chi connectivity index (χ1) is 25.4. The average molecular weight is 673 g/mol. The molecule has 0 bridgehead atoms. The van der Waals surface area contributed by atoms with Gasteiger partial charge in [-0.05, 0) is 123 Å². The van der Waals surface area contributed by atoms with E-state index in [1.54, 1.807) is 0 Å². The Bertz CT molecular complexity index is 2000. The highest BCUT2D eigenvalue weighted by Gasteiger charge is 2.13. The average Bonchev–Trinajstić information content (AvgIpc) is 3.18. The first kappa shape index (κ1) is 34.1. The summed E-state index contributed by atoms with van der Waals surface area (Å²) in [5.74, 6) is 0. The predicted octanol–water partition coefficient (Wildman–Crippen LogP) is 14.2. The van der Waals surface area contributed by atoms with Crippen LogP contribution in [0.3, 0.4) is 0 Å². The van der Waals surface area contributed by atoms with Crippen LogP contribution in [-0.4, -0.2) is 0 Å². The van der Waals surface area contributed by atoms with Crippen molar-refractivity contribution < 1.29 is 0 Å². The van der Waals surface area contributed by atoms with Gasteiger partial charge in [-0.25, -0.2) is 0 Å². The molecule has 0 amide bonds. The smallest absolute Gasteiger partial charge is 0.0462 e. The molecule has 0 aliphatic carbocycles. The summed E-state index contributed by atoms with van der Waals surface area (Å²) >= 11 is 0. The molecule has 7 rings (SSSR count). The van der Waals surface area contributed by atoms with E-state index in [0.717, 1.165) is 45.3 Å². The Hall–Kier alpha value is -6.38. The SMILES string of the molecule is Cc1ccc(N(c2ccc(C)cc2)c2ccc(C=Cc3ccc(C=Cc4ccc(N(c5ccc(C)cc5)c5ccc(C)cc5)cc4)cc3)cc2)cc1. The third-order valence-corrected chi connectivity index (χ3v) is 9.34. The van der Waals surface area contributed by atoms with Crippen molar-refractivity contribution in [3.05, 3.63) is 214 Å². The van der Waals surface area contributed by atoms with Crippen LogP contribution in [0.1, 0.15) is 44.5 Å². The molecular weight excluding hydrogens is 629 g/mol. The molecule has 254 valence electrons. The van der Waals surface area contributed by atoms with Crippen molar-refractivity contribution in [3.63, 3.8) is 0 Å². The standard InChI is InChI=1S/C50H44N2/c1-37-5-25-45(26-6-37)51(46-27-7-38(2)8-28-46)49-33-21-43(22-34-49)19-17-41-13-15-42(16-14-41)18-20-44-23-35-50(36-24-44)52(47-29-9-39(3)10-30-47)48-31-11-40(4)12-32-48/h5-36H,1-4H3. The third kappa shape index (κ3) is 8.31. The van der Waals surface area contributed by atoms with Crippen LogP contribution in [-0.2, 0) is 0 Å². The Morgan fingerprint density at radius 1 is 0.231 bits per heavy atom. The summed E-state index contributed by atoms with van der Waals surface area (Å²) < 4.78 is 0. The summed E-state index contributed by atoms with van der Waals surface area (Å²) in [6, 6.07) is 61.0. The molecule has 0 heterocycles. The fourth-order valence-corrected chi connectivity index (χ4v) is 6.24. The monoisotopic (exact) mass is 672 g/mol. The van der Waals surface area contributed by atoms with Gasteiger partial charge in [-0.3, -0.25) is 0 Å². The van der Waals surface area contributed by atoms with Crippen molar-refractivity contribution in [1.29, 1.82) is 0 Å². The maximum absolute atomic E-state index is 2.30. The van der Waals surface area contributed by atoms with E-state index in [4.69, 9.17) is 0 Å². The Kier molecular flexibility index (Phi) is 10.3. The molecule has 0 aromatic heterocycles.